The van der Waals surface area contributed by atoms with E-state index in [1.165, 1.54) is 4.90 Å². The summed E-state index contributed by atoms with van der Waals surface area (Å²) < 4.78 is 0. The molecule has 0 aromatic heterocycles. The molecule has 130 valence electrons. The Bertz CT molecular complexity index is 1120. The van der Waals surface area contributed by atoms with Gasteiger partial charge in [-0.15, -0.1) is 0 Å². The zero-order valence-electron chi connectivity index (χ0n) is 14.3. The van der Waals surface area contributed by atoms with Crippen molar-refractivity contribution in [2.75, 3.05) is 0 Å². The van der Waals surface area contributed by atoms with Gasteiger partial charge in [0.1, 0.15) is 0 Å². The van der Waals surface area contributed by atoms with Crippen molar-refractivity contribution in [3.8, 4) is 6.07 Å². The second-order valence-corrected chi connectivity index (χ2v) is 7.13. The summed E-state index contributed by atoms with van der Waals surface area (Å²) >= 11 is 0.945. The normalized spacial score (nSPS) is 15.5. The molecule has 27 heavy (non-hydrogen) atoms. The predicted molar refractivity (Wildman–Crippen MR) is 107 cm³/mol. The summed E-state index contributed by atoms with van der Waals surface area (Å²) in [6.07, 6.45) is 1.69. The van der Waals surface area contributed by atoms with Gasteiger partial charge in [-0.05, 0) is 51.9 Å². The zero-order chi connectivity index (χ0) is 18.8. The minimum atomic E-state index is -0.290. The highest BCUT2D eigenvalue weighted by Crippen LogP contribution is 2.34. The Balaban J connectivity index is 1.61. The van der Waals surface area contributed by atoms with Crippen LogP contribution in [0.15, 0.2) is 71.6 Å². The van der Waals surface area contributed by atoms with E-state index in [1.54, 1.807) is 30.3 Å². The molecule has 1 saturated heterocycles. The van der Waals surface area contributed by atoms with Gasteiger partial charge in [0.25, 0.3) is 11.1 Å². The lowest BCUT2D eigenvalue weighted by Gasteiger charge is -2.14. The standard InChI is InChI=1S/C22H14N2O2S/c23-13-16-10-8-15(9-11-16)12-20-21(25)24(22(26)27-20)14-18-6-3-5-17-4-1-2-7-19(17)18/h1-12H,14H2/b20-12+. The van der Waals surface area contributed by atoms with E-state index >= 15 is 0 Å². The lowest BCUT2D eigenvalue weighted by Crippen LogP contribution is -2.27. The smallest absolute Gasteiger partial charge is 0.268 e. The monoisotopic (exact) mass is 370 g/mol. The van der Waals surface area contributed by atoms with Crippen LogP contribution in [0.5, 0.6) is 0 Å². The number of fused-ring (bicyclic) bond motifs is 1. The number of carbonyl (C=O) groups is 2. The minimum absolute atomic E-state index is 0.247. The van der Waals surface area contributed by atoms with Crippen molar-refractivity contribution >= 4 is 39.8 Å². The predicted octanol–water partition coefficient (Wildman–Crippen LogP) is 4.95. The van der Waals surface area contributed by atoms with Crippen LogP contribution in [0, 0.1) is 11.3 Å². The Morgan fingerprint density at radius 2 is 1.70 bits per heavy atom. The van der Waals surface area contributed by atoms with E-state index in [-0.39, 0.29) is 17.7 Å². The van der Waals surface area contributed by atoms with Gasteiger partial charge in [0.2, 0.25) is 0 Å². The summed E-state index contributed by atoms with van der Waals surface area (Å²) in [7, 11) is 0. The van der Waals surface area contributed by atoms with E-state index in [9.17, 15) is 9.59 Å². The van der Waals surface area contributed by atoms with Crippen LogP contribution >= 0.6 is 11.8 Å². The highest BCUT2D eigenvalue weighted by atomic mass is 32.2. The summed E-state index contributed by atoms with van der Waals surface area (Å²) in [5, 5.41) is 10.7. The van der Waals surface area contributed by atoms with E-state index in [1.807, 2.05) is 42.5 Å². The summed E-state index contributed by atoms with van der Waals surface area (Å²) in [6.45, 7) is 0.247. The molecule has 2 amide bonds. The van der Waals surface area contributed by atoms with Gasteiger partial charge in [0.05, 0.1) is 23.1 Å². The van der Waals surface area contributed by atoms with Crippen LogP contribution in [0.1, 0.15) is 16.7 Å². The first kappa shape index (κ1) is 17.1. The van der Waals surface area contributed by atoms with Crippen LogP contribution < -0.4 is 0 Å². The number of rotatable bonds is 3. The summed E-state index contributed by atoms with van der Waals surface area (Å²) in [4.78, 5) is 26.8. The lowest BCUT2D eigenvalue weighted by molar-refractivity contribution is -0.123. The molecule has 4 rings (SSSR count). The molecule has 0 spiro atoms. The first-order valence-electron chi connectivity index (χ1n) is 8.38. The van der Waals surface area contributed by atoms with Gasteiger partial charge in [-0.3, -0.25) is 14.5 Å². The third-order valence-corrected chi connectivity index (χ3v) is 5.33. The Labute approximate surface area is 160 Å². The number of thioether (sulfide) groups is 1. The van der Waals surface area contributed by atoms with Crippen molar-refractivity contribution in [1.29, 1.82) is 5.26 Å². The molecule has 0 radical (unpaired) electrons. The van der Waals surface area contributed by atoms with E-state index in [0.717, 1.165) is 33.7 Å². The summed E-state index contributed by atoms with van der Waals surface area (Å²) in [5.74, 6) is -0.290. The first-order chi connectivity index (χ1) is 13.2. The summed E-state index contributed by atoms with van der Waals surface area (Å²) in [6, 6.07) is 22.8. The van der Waals surface area contributed by atoms with Crippen LogP contribution in [0.25, 0.3) is 16.8 Å². The number of hydrogen-bond donors (Lipinski definition) is 0. The largest absolute Gasteiger partial charge is 0.293 e. The van der Waals surface area contributed by atoms with Crippen LogP contribution in [0.3, 0.4) is 0 Å². The number of hydrogen-bond acceptors (Lipinski definition) is 4. The van der Waals surface area contributed by atoms with Crippen LogP contribution in [0.4, 0.5) is 4.79 Å². The van der Waals surface area contributed by atoms with E-state index < -0.39 is 0 Å². The molecule has 0 aliphatic carbocycles. The molecule has 1 aliphatic heterocycles. The fourth-order valence-electron chi connectivity index (χ4n) is 3.04. The molecule has 5 heteroatoms. The molecule has 1 aliphatic rings. The molecular formula is C22H14N2O2S. The Morgan fingerprint density at radius 3 is 2.48 bits per heavy atom. The number of nitrogens with zero attached hydrogens (tertiary/aromatic N) is 2. The number of amides is 2. The number of nitriles is 1. The maximum absolute atomic E-state index is 12.7. The van der Waals surface area contributed by atoms with Gasteiger partial charge in [0.15, 0.2) is 0 Å². The average molecular weight is 370 g/mol. The van der Waals surface area contributed by atoms with Gasteiger partial charge in [-0.25, -0.2) is 0 Å². The average Bonchev–Trinajstić information content (AvgIpc) is 2.96. The topological polar surface area (TPSA) is 61.2 Å². The van der Waals surface area contributed by atoms with Crippen molar-refractivity contribution in [3.05, 3.63) is 88.3 Å². The first-order valence-corrected chi connectivity index (χ1v) is 9.19. The van der Waals surface area contributed by atoms with Crippen molar-refractivity contribution < 1.29 is 9.59 Å². The number of carbonyl (C=O) groups excluding carboxylic acids is 2. The fourth-order valence-corrected chi connectivity index (χ4v) is 3.88. The molecule has 0 N–H and O–H groups in total. The Morgan fingerprint density at radius 1 is 0.963 bits per heavy atom. The molecule has 4 nitrogen and oxygen atoms in total. The molecule has 0 unspecified atom stereocenters. The quantitative estimate of drug-likeness (QED) is 0.612. The van der Waals surface area contributed by atoms with E-state index in [0.29, 0.717) is 10.5 Å². The van der Waals surface area contributed by atoms with Gasteiger partial charge in [-0.2, -0.15) is 5.26 Å². The van der Waals surface area contributed by atoms with Crippen molar-refractivity contribution in [1.82, 2.24) is 4.90 Å². The van der Waals surface area contributed by atoms with Crippen LogP contribution in [-0.2, 0) is 11.3 Å². The highest BCUT2D eigenvalue weighted by molar-refractivity contribution is 8.18. The SMILES string of the molecule is N#Cc1ccc(/C=C2/SC(=O)N(Cc3cccc4ccccc34)C2=O)cc1. The van der Waals surface area contributed by atoms with Crippen molar-refractivity contribution in [3.63, 3.8) is 0 Å². The van der Waals surface area contributed by atoms with Crippen molar-refractivity contribution in [2.45, 2.75) is 6.54 Å². The lowest BCUT2D eigenvalue weighted by atomic mass is 10.0. The zero-order valence-corrected chi connectivity index (χ0v) is 15.1. The molecular weight excluding hydrogens is 356 g/mol. The molecule has 1 heterocycles. The van der Waals surface area contributed by atoms with Crippen LogP contribution in [0.2, 0.25) is 0 Å². The fraction of sp³-hybridized carbons (Fsp3) is 0.0455. The third-order valence-electron chi connectivity index (χ3n) is 4.42. The molecule has 0 bridgehead atoms. The second-order valence-electron chi connectivity index (χ2n) is 6.14. The van der Waals surface area contributed by atoms with Gasteiger partial charge < -0.3 is 0 Å². The maximum Gasteiger partial charge on any atom is 0.293 e. The van der Waals surface area contributed by atoms with Crippen LogP contribution in [-0.4, -0.2) is 16.0 Å². The van der Waals surface area contributed by atoms with Gasteiger partial charge in [0, 0.05) is 0 Å². The van der Waals surface area contributed by atoms with Gasteiger partial charge in [-0.1, -0.05) is 54.6 Å². The van der Waals surface area contributed by atoms with E-state index in [4.69, 9.17) is 5.26 Å². The number of imide groups is 1. The minimum Gasteiger partial charge on any atom is -0.268 e. The Hall–Kier alpha value is -3.36. The highest BCUT2D eigenvalue weighted by Gasteiger charge is 2.35. The third kappa shape index (κ3) is 3.35. The van der Waals surface area contributed by atoms with Crippen molar-refractivity contribution in [2.24, 2.45) is 0 Å². The number of benzene rings is 3. The maximum atomic E-state index is 12.7. The Kier molecular flexibility index (Phi) is 4.49. The molecule has 0 saturated carbocycles. The summed E-state index contributed by atoms with van der Waals surface area (Å²) in [5.41, 5.74) is 2.27. The van der Waals surface area contributed by atoms with Gasteiger partial charge >= 0.3 is 0 Å². The molecule has 1 fully saturated rings. The second kappa shape index (κ2) is 7.10. The molecule has 0 atom stereocenters. The molecule has 3 aromatic carbocycles. The molecule has 3 aromatic rings. The van der Waals surface area contributed by atoms with E-state index in [2.05, 4.69) is 6.07 Å².